The number of ether oxygens (including phenoxy) is 1. The van der Waals surface area contributed by atoms with Gasteiger partial charge in [-0.3, -0.25) is 4.68 Å². The highest BCUT2D eigenvalue weighted by atomic mass is 35.5. The van der Waals surface area contributed by atoms with Crippen LogP contribution in [0.5, 0.6) is 0 Å². The predicted octanol–water partition coefficient (Wildman–Crippen LogP) is 3.66. The molecule has 9 heteroatoms. The second-order valence-corrected chi connectivity index (χ2v) is 9.69. The summed E-state index contributed by atoms with van der Waals surface area (Å²) < 4.78 is 7.26. The van der Waals surface area contributed by atoms with Crippen LogP contribution in [0.2, 0.25) is 5.02 Å². The number of nitrogens with one attached hydrogen (secondary N) is 1. The maximum atomic E-state index is 6.86. The molecule has 0 radical (unpaired) electrons. The average Bonchev–Trinajstić information content (AvgIpc) is 3.41. The van der Waals surface area contributed by atoms with Gasteiger partial charge in [-0.15, -0.1) is 0 Å². The number of hydrogen-bond donors (Lipinski definition) is 2. The van der Waals surface area contributed by atoms with Crippen LogP contribution in [0.4, 0.5) is 5.82 Å². The van der Waals surface area contributed by atoms with Gasteiger partial charge in [0.05, 0.1) is 36.0 Å². The van der Waals surface area contributed by atoms with Crippen molar-refractivity contribution in [3.8, 4) is 11.1 Å². The van der Waals surface area contributed by atoms with Gasteiger partial charge in [0.15, 0.2) is 5.65 Å². The fraction of sp³-hybridized carbons (Fsp3) is 0.435. The molecule has 6 heterocycles. The minimum absolute atomic E-state index is 0.291. The normalized spacial score (nSPS) is 25.7. The first kappa shape index (κ1) is 18.8. The maximum Gasteiger partial charge on any atom is 0.159 e. The third-order valence-corrected chi connectivity index (χ3v) is 7.74. The number of rotatable bonds is 3. The molecule has 2 bridgehead atoms. The molecule has 3 fully saturated rings. The quantitative estimate of drug-likeness (QED) is 0.495. The van der Waals surface area contributed by atoms with Gasteiger partial charge in [0.1, 0.15) is 11.3 Å². The largest absolute Gasteiger partial charge is 0.377 e. The Hall–Kier alpha value is -2.68. The van der Waals surface area contributed by atoms with Crippen molar-refractivity contribution >= 4 is 39.5 Å². The maximum absolute atomic E-state index is 6.86. The number of piperidine rings is 1. The molecule has 3 aliphatic rings. The molecule has 3 aliphatic heterocycles. The molecule has 4 aromatic rings. The number of benzene rings is 1. The zero-order chi connectivity index (χ0) is 21.4. The summed E-state index contributed by atoms with van der Waals surface area (Å²) in [5.41, 5.74) is 10.6. The van der Waals surface area contributed by atoms with Crippen molar-refractivity contribution in [1.29, 1.82) is 0 Å². The van der Waals surface area contributed by atoms with Crippen LogP contribution in [0.3, 0.4) is 0 Å². The summed E-state index contributed by atoms with van der Waals surface area (Å²) in [6.07, 6.45) is 10.3. The van der Waals surface area contributed by atoms with Crippen LogP contribution >= 0.6 is 11.6 Å². The topological polar surface area (TPSA) is 97.9 Å². The second-order valence-electron chi connectivity index (χ2n) is 9.31. The van der Waals surface area contributed by atoms with Crippen LogP contribution in [0.1, 0.15) is 31.7 Å². The van der Waals surface area contributed by atoms with E-state index in [0.717, 1.165) is 51.9 Å². The van der Waals surface area contributed by atoms with Crippen molar-refractivity contribution in [3.05, 3.63) is 35.7 Å². The van der Waals surface area contributed by atoms with E-state index in [1.165, 1.54) is 12.8 Å². The van der Waals surface area contributed by atoms with Crippen molar-refractivity contribution in [1.82, 2.24) is 24.7 Å². The number of nitrogens with zero attached hydrogens (tertiary/aromatic N) is 5. The lowest BCUT2D eigenvalue weighted by molar-refractivity contribution is -0.0283. The first-order valence-corrected chi connectivity index (χ1v) is 11.7. The van der Waals surface area contributed by atoms with Crippen molar-refractivity contribution in [3.63, 3.8) is 0 Å². The van der Waals surface area contributed by atoms with E-state index in [-0.39, 0.29) is 0 Å². The van der Waals surface area contributed by atoms with Gasteiger partial charge in [-0.1, -0.05) is 17.7 Å². The van der Waals surface area contributed by atoms with Crippen LogP contribution in [0.15, 0.2) is 30.7 Å². The number of hydrogen-bond acceptors (Lipinski definition) is 6. The molecule has 0 amide bonds. The Morgan fingerprint density at radius 3 is 2.66 bits per heavy atom. The lowest BCUT2D eigenvalue weighted by Crippen LogP contribution is -2.47. The van der Waals surface area contributed by atoms with Gasteiger partial charge in [-0.2, -0.15) is 5.10 Å². The fourth-order valence-electron chi connectivity index (χ4n) is 5.66. The summed E-state index contributed by atoms with van der Waals surface area (Å²) in [6, 6.07) is 5.57. The molecule has 164 valence electrons. The number of aromatic nitrogens is 5. The molecule has 32 heavy (non-hydrogen) atoms. The van der Waals surface area contributed by atoms with Gasteiger partial charge in [0.25, 0.3) is 0 Å². The van der Waals surface area contributed by atoms with Gasteiger partial charge in [-0.05, 0) is 31.7 Å². The summed E-state index contributed by atoms with van der Waals surface area (Å²) in [6.45, 7) is 1.40. The molecule has 0 unspecified atom stereocenters. The molecular formula is C23H24ClN7O. The highest BCUT2D eigenvalue weighted by molar-refractivity contribution is 6.38. The van der Waals surface area contributed by atoms with E-state index in [2.05, 4.69) is 15.0 Å². The molecule has 8 nitrogen and oxygen atoms in total. The van der Waals surface area contributed by atoms with Gasteiger partial charge in [-0.25, -0.2) is 9.97 Å². The average molecular weight is 450 g/mol. The summed E-state index contributed by atoms with van der Waals surface area (Å²) in [5, 5.41) is 6.30. The lowest BCUT2D eigenvalue weighted by atomic mass is 9.98. The summed E-state index contributed by atoms with van der Waals surface area (Å²) >= 11 is 6.86. The molecule has 0 saturated carbocycles. The number of halogens is 1. The standard InChI is InChI=1S/C23H24ClN7O/c24-21-16(3-4-19-18(21)9-30(29-19)15-10-32-11-15)17-7-27-23-22(17)26-8-20(28-23)31-13-1-2-14(31)6-12(25)5-13/h3-4,7-9,12-15H,1-2,5-6,10-11,25H2,(H,27,28)/t12-,13+,14-. The van der Waals surface area contributed by atoms with E-state index in [4.69, 9.17) is 32.0 Å². The zero-order valence-electron chi connectivity index (χ0n) is 17.5. The Labute approximate surface area is 189 Å². The van der Waals surface area contributed by atoms with Gasteiger partial charge >= 0.3 is 0 Å². The zero-order valence-corrected chi connectivity index (χ0v) is 18.3. The smallest absolute Gasteiger partial charge is 0.159 e. The second kappa shape index (κ2) is 6.91. The van der Waals surface area contributed by atoms with Crippen molar-refractivity contribution in [2.45, 2.75) is 49.9 Å². The van der Waals surface area contributed by atoms with E-state index in [1.807, 2.05) is 35.4 Å². The Kier molecular flexibility index (Phi) is 4.07. The first-order chi connectivity index (χ1) is 15.7. The molecule has 0 aliphatic carbocycles. The minimum atomic E-state index is 0.291. The van der Waals surface area contributed by atoms with E-state index < -0.39 is 0 Å². The highest BCUT2D eigenvalue weighted by Crippen LogP contribution is 2.40. The fourth-order valence-corrected chi connectivity index (χ4v) is 5.97. The molecule has 3 atom stereocenters. The van der Waals surface area contributed by atoms with E-state index in [9.17, 15) is 0 Å². The van der Waals surface area contributed by atoms with Crippen LogP contribution < -0.4 is 10.6 Å². The lowest BCUT2D eigenvalue weighted by Gasteiger charge is -2.38. The molecule has 3 saturated heterocycles. The van der Waals surface area contributed by atoms with Crippen LogP contribution in [-0.4, -0.2) is 56.1 Å². The van der Waals surface area contributed by atoms with E-state index in [0.29, 0.717) is 42.4 Å². The molecule has 1 aromatic carbocycles. The minimum Gasteiger partial charge on any atom is -0.377 e. The number of aromatic amines is 1. The van der Waals surface area contributed by atoms with Crippen molar-refractivity contribution < 1.29 is 4.74 Å². The molecule has 3 aromatic heterocycles. The number of nitrogens with two attached hydrogens (primary N) is 1. The number of fused-ring (bicyclic) bond motifs is 4. The van der Waals surface area contributed by atoms with Gasteiger partial charge in [0.2, 0.25) is 0 Å². The van der Waals surface area contributed by atoms with Gasteiger partial charge in [0, 0.05) is 47.0 Å². The van der Waals surface area contributed by atoms with E-state index in [1.54, 1.807) is 0 Å². The molecular weight excluding hydrogens is 426 g/mol. The number of H-pyrrole nitrogens is 1. The third kappa shape index (κ3) is 2.73. The summed E-state index contributed by atoms with van der Waals surface area (Å²) in [4.78, 5) is 15.5. The van der Waals surface area contributed by atoms with Crippen molar-refractivity contribution in [2.75, 3.05) is 18.1 Å². The molecule has 0 spiro atoms. The van der Waals surface area contributed by atoms with Gasteiger partial charge < -0.3 is 20.4 Å². The Balaban J connectivity index is 1.27. The Morgan fingerprint density at radius 1 is 1.09 bits per heavy atom. The number of anilines is 1. The highest BCUT2D eigenvalue weighted by Gasteiger charge is 2.40. The Bertz CT molecular complexity index is 1330. The Morgan fingerprint density at radius 2 is 1.91 bits per heavy atom. The SMILES string of the molecule is N[C@H]1C[C@H]2CC[C@@H](C1)N2c1cnc2c(-c3ccc4nn(C5COC5)cc4c3Cl)c[nH]c2n1. The first-order valence-electron chi connectivity index (χ1n) is 11.3. The predicted molar refractivity (Wildman–Crippen MR) is 124 cm³/mol. The van der Waals surface area contributed by atoms with E-state index >= 15 is 0 Å². The summed E-state index contributed by atoms with van der Waals surface area (Å²) in [7, 11) is 0. The van der Waals surface area contributed by atoms with Crippen LogP contribution in [0.25, 0.3) is 33.2 Å². The van der Waals surface area contributed by atoms with Crippen molar-refractivity contribution in [2.24, 2.45) is 5.73 Å². The van der Waals surface area contributed by atoms with Crippen LogP contribution in [-0.2, 0) is 4.74 Å². The molecule has 7 rings (SSSR count). The monoisotopic (exact) mass is 449 g/mol. The van der Waals surface area contributed by atoms with Crippen LogP contribution in [0, 0.1) is 0 Å². The summed E-state index contributed by atoms with van der Waals surface area (Å²) in [5.74, 6) is 0.941. The third-order valence-electron chi connectivity index (χ3n) is 7.33. The molecule has 3 N–H and O–H groups in total.